The molecular weight excluding hydrogens is 339 g/mol. The predicted octanol–water partition coefficient (Wildman–Crippen LogP) is 3.05. The van der Waals surface area contributed by atoms with Crippen LogP contribution in [0.25, 0.3) is 0 Å². The lowest BCUT2D eigenvalue weighted by Crippen LogP contribution is -2.28. The maximum Gasteiger partial charge on any atom is 0.340 e. The van der Waals surface area contributed by atoms with Gasteiger partial charge in [0, 0.05) is 22.3 Å². The van der Waals surface area contributed by atoms with Crippen LogP contribution < -0.4 is 11.1 Å². The van der Waals surface area contributed by atoms with Crippen molar-refractivity contribution >= 4 is 40.8 Å². The summed E-state index contributed by atoms with van der Waals surface area (Å²) >= 11 is 11.6. The van der Waals surface area contributed by atoms with Gasteiger partial charge >= 0.3 is 5.97 Å². The summed E-state index contributed by atoms with van der Waals surface area (Å²) < 4.78 is 4.92. The van der Waals surface area contributed by atoms with Crippen molar-refractivity contribution in [2.75, 3.05) is 12.3 Å². The van der Waals surface area contributed by atoms with Crippen LogP contribution in [0.5, 0.6) is 0 Å². The van der Waals surface area contributed by atoms with E-state index in [0.29, 0.717) is 16.6 Å². The van der Waals surface area contributed by atoms with Crippen molar-refractivity contribution in [2.24, 2.45) is 0 Å². The molecule has 0 heterocycles. The van der Waals surface area contributed by atoms with Crippen LogP contribution in [0.4, 0.5) is 5.69 Å². The third kappa shape index (κ3) is 5.16. The molecule has 0 aromatic heterocycles. The minimum atomic E-state index is -0.702. The van der Waals surface area contributed by atoms with Crippen LogP contribution in [-0.2, 0) is 16.1 Å². The van der Waals surface area contributed by atoms with Crippen LogP contribution in [0.2, 0.25) is 10.0 Å². The molecule has 0 fully saturated rings. The molecule has 0 atom stereocenters. The highest BCUT2D eigenvalue weighted by Gasteiger charge is 2.13. The summed E-state index contributed by atoms with van der Waals surface area (Å²) in [5, 5.41) is 3.61. The standard InChI is InChI=1S/C16H14Cl2N2O3/c17-11-3-1-10(2-4-11)8-20-15(21)9-23-16(22)13-7-12(18)5-6-14(13)19/h1-7H,8-9,19H2,(H,20,21). The number of esters is 1. The topological polar surface area (TPSA) is 81.4 Å². The van der Waals surface area contributed by atoms with Gasteiger partial charge in [0.15, 0.2) is 6.61 Å². The van der Waals surface area contributed by atoms with Crippen molar-refractivity contribution in [2.45, 2.75) is 6.54 Å². The Labute approximate surface area is 143 Å². The number of nitrogens with one attached hydrogen (secondary N) is 1. The Kier molecular flexibility index (Phi) is 5.84. The van der Waals surface area contributed by atoms with E-state index in [4.69, 9.17) is 33.7 Å². The fraction of sp³-hybridized carbons (Fsp3) is 0.125. The summed E-state index contributed by atoms with van der Waals surface area (Å²) in [5.74, 6) is -1.12. The third-order valence-electron chi connectivity index (χ3n) is 2.97. The van der Waals surface area contributed by atoms with E-state index >= 15 is 0 Å². The molecule has 0 spiro atoms. The minimum Gasteiger partial charge on any atom is -0.452 e. The number of hydrogen-bond acceptors (Lipinski definition) is 4. The molecule has 0 saturated heterocycles. The first-order chi connectivity index (χ1) is 11.0. The normalized spacial score (nSPS) is 10.2. The predicted molar refractivity (Wildman–Crippen MR) is 89.4 cm³/mol. The van der Waals surface area contributed by atoms with Gasteiger partial charge in [0.2, 0.25) is 0 Å². The van der Waals surface area contributed by atoms with E-state index in [-0.39, 0.29) is 11.3 Å². The number of hydrogen-bond donors (Lipinski definition) is 2. The number of nitrogens with two attached hydrogens (primary N) is 1. The monoisotopic (exact) mass is 352 g/mol. The van der Waals surface area contributed by atoms with Gasteiger partial charge in [-0.3, -0.25) is 4.79 Å². The molecule has 23 heavy (non-hydrogen) atoms. The second kappa shape index (κ2) is 7.85. The molecule has 0 unspecified atom stereocenters. The number of rotatable bonds is 5. The maximum atomic E-state index is 11.9. The Balaban J connectivity index is 1.83. The van der Waals surface area contributed by atoms with Crippen LogP contribution >= 0.6 is 23.2 Å². The molecule has 0 aliphatic rings. The van der Waals surface area contributed by atoms with Gasteiger partial charge in [-0.05, 0) is 35.9 Å². The first-order valence-electron chi connectivity index (χ1n) is 6.69. The molecule has 120 valence electrons. The van der Waals surface area contributed by atoms with E-state index in [1.165, 1.54) is 12.1 Å². The number of carbonyl (C=O) groups excluding carboxylic acids is 2. The van der Waals surface area contributed by atoms with Gasteiger partial charge in [-0.15, -0.1) is 0 Å². The van der Waals surface area contributed by atoms with Gasteiger partial charge in [-0.2, -0.15) is 0 Å². The third-order valence-corrected chi connectivity index (χ3v) is 3.46. The average Bonchev–Trinajstić information content (AvgIpc) is 2.54. The molecule has 2 aromatic carbocycles. The molecule has 2 rings (SSSR count). The molecule has 0 bridgehead atoms. The molecule has 7 heteroatoms. The Morgan fingerprint density at radius 3 is 2.39 bits per heavy atom. The van der Waals surface area contributed by atoms with Crippen molar-refractivity contribution < 1.29 is 14.3 Å². The Morgan fingerprint density at radius 1 is 1.04 bits per heavy atom. The molecular formula is C16H14Cl2N2O3. The van der Waals surface area contributed by atoms with Gasteiger partial charge < -0.3 is 15.8 Å². The van der Waals surface area contributed by atoms with E-state index in [9.17, 15) is 9.59 Å². The lowest BCUT2D eigenvalue weighted by Gasteiger charge is -2.08. The fourth-order valence-electron chi connectivity index (χ4n) is 1.77. The summed E-state index contributed by atoms with van der Waals surface area (Å²) in [5.41, 5.74) is 6.92. The zero-order valence-electron chi connectivity index (χ0n) is 12.0. The molecule has 0 aliphatic heterocycles. The highest BCUT2D eigenvalue weighted by Crippen LogP contribution is 2.18. The quantitative estimate of drug-likeness (QED) is 0.640. The van der Waals surface area contributed by atoms with Crippen molar-refractivity contribution in [3.8, 4) is 0 Å². The van der Waals surface area contributed by atoms with Crippen LogP contribution in [0, 0.1) is 0 Å². The Hall–Kier alpha value is -2.24. The van der Waals surface area contributed by atoms with Crippen LogP contribution in [0.1, 0.15) is 15.9 Å². The number of ether oxygens (including phenoxy) is 1. The first kappa shape index (κ1) is 17.1. The van der Waals surface area contributed by atoms with Gasteiger partial charge in [-0.1, -0.05) is 35.3 Å². The molecule has 1 amide bonds. The summed E-state index contributed by atoms with van der Waals surface area (Å²) in [6, 6.07) is 11.5. The molecule has 5 nitrogen and oxygen atoms in total. The SMILES string of the molecule is Nc1ccc(Cl)cc1C(=O)OCC(=O)NCc1ccc(Cl)cc1. The number of benzene rings is 2. The van der Waals surface area contributed by atoms with Crippen molar-refractivity contribution in [1.29, 1.82) is 0 Å². The number of halogens is 2. The highest BCUT2D eigenvalue weighted by atomic mass is 35.5. The number of nitrogen functional groups attached to an aromatic ring is 1. The van der Waals surface area contributed by atoms with Crippen molar-refractivity contribution in [3.63, 3.8) is 0 Å². The number of amides is 1. The molecule has 0 radical (unpaired) electrons. The smallest absolute Gasteiger partial charge is 0.340 e. The van der Waals surface area contributed by atoms with Crippen LogP contribution in [0.15, 0.2) is 42.5 Å². The van der Waals surface area contributed by atoms with E-state index in [1.807, 2.05) is 0 Å². The van der Waals surface area contributed by atoms with E-state index in [0.717, 1.165) is 5.56 Å². The Morgan fingerprint density at radius 2 is 1.70 bits per heavy atom. The second-order valence-corrected chi connectivity index (χ2v) is 5.58. The van der Waals surface area contributed by atoms with Crippen LogP contribution in [-0.4, -0.2) is 18.5 Å². The zero-order chi connectivity index (χ0) is 16.8. The minimum absolute atomic E-state index is 0.128. The van der Waals surface area contributed by atoms with Crippen molar-refractivity contribution in [3.05, 3.63) is 63.6 Å². The lowest BCUT2D eigenvalue weighted by atomic mass is 10.2. The molecule has 3 N–H and O–H groups in total. The van der Waals surface area contributed by atoms with Gasteiger partial charge in [0.05, 0.1) is 5.56 Å². The second-order valence-electron chi connectivity index (χ2n) is 4.71. The molecule has 2 aromatic rings. The molecule has 0 aliphatic carbocycles. The number of anilines is 1. The average molecular weight is 353 g/mol. The fourth-order valence-corrected chi connectivity index (χ4v) is 2.07. The van der Waals surface area contributed by atoms with Crippen molar-refractivity contribution in [1.82, 2.24) is 5.32 Å². The number of carbonyl (C=O) groups is 2. The summed E-state index contributed by atoms with van der Waals surface area (Å²) in [7, 11) is 0. The van der Waals surface area contributed by atoms with Gasteiger partial charge in [-0.25, -0.2) is 4.79 Å². The summed E-state index contributed by atoms with van der Waals surface area (Å²) in [6.45, 7) is -0.0920. The van der Waals surface area contributed by atoms with E-state index in [1.54, 1.807) is 30.3 Å². The lowest BCUT2D eigenvalue weighted by molar-refractivity contribution is -0.124. The largest absolute Gasteiger partial charge is 0.452 e. The van der Waals surface area contributed by atoms with Gasteiger partial charge in [0.1, 0.15) is 0 Å². The van der Waals surface area contributed by atoms with Gasteiger partial charge in [0.25, 0.3) is 5.91 Å². The summed E-state index contributed by atoms with van der Waals surface area (Å²) in [4.78, 5) is 23.6. The maximum absolute atomic E-state index is 11.9. The summed E-state index contributed by atoms with van der Waals surface area (Å²) in [6.07, 6.45) is 0. The highest BCUT2D eigenvalue weighted by molar-refractivity contribution is 6.31. The van der Waals surface area contributed by atoms with Crippen LogP contribution in [0.3, 0.4) is 0 Å². The molecule has 0 saturated carbocycles. The van der Waals surface area contributed by atoms with E-state index in [2.05, 4.69) is 5.32 Å². The van der Waals surface area contributed by atoms with E-state index < -0.39 is 18.5 Å². The Bertz CT molecular complexity index is 718. The zero-order valence-corrected chi connectivity index (χ0v) is 13.5. The first-order valence-corrected chi connectivity index (χ1v) is 7.44.